The fraction of sp³-hybridized carbons (Fsp3) is 0.812. The first-order valence-electron chi connectivity index (χ1n) is 8.03. The smallest absolute Gasteiger partial charge is 0.0640 e. The Morgan fingerprint density at radius 3 is 2.90 bits per heavy atom. The summed E-state index contributed by atoms with van der Waals surface area (Å²) in [5, 5.41) is 8.35. The van der Waals surface area contributed by atoms with E-state index in [-0.39, 0.29) is 0 Å². The maximum Gasteiger partial charge on any atom is 0.0640 e. The SMILES string of the molecule is CCNC(Cc1ccn(C(C)CC)n1)C1COC(C)C1. The third kappa shape index (κ3) is 3.83. The van der Waals surface area contributed by atoms with E-state index in [2.05, 4.69) is 50.0 Å². The first-order valence-corrected chi connectivity index (χ1v) is 8.03. The highest BCUT2D eigenvalue weighted by molar-refractivity contribution is 5.03. The Labute approximate surface area is 122 Å². The molecular formula is C16H29N3O. The molecule has 0 aromatic carbocycles. The molecule has 0 spiro atoms. The topological polar surface area (TPSA) is 39.1 Å². The van der Waals surface area contributed by atoms with Crippen LogP contribution in [-0.2, 0) is 11.2 Å². The van der Waals surface area contributed by atoms with Crippen molar-refractivity contribution < 1.29 is 4.74 Å². The Kier molecular flexibility index (Phi) is 5.61. The Hall–Kier alpha value is -0.870. The number of likely N-dealkylation sites (N-methyl/N-ethyl adjacent to an activating group) is 1. The quantitative estimate of drug-likeness (QED) is 0.834. The zero-order chi connectivity index (χ0) is 14.5. The number of hydrogen-bond donors (Lipinski definition) is 1. The van der Waals surface area contributed by atoms with Gasteiger partial charge in [-0.2, -0.15) is 5.10 Å². The van der Waals surface area contributed by atoms with E-state index in [1.807, 2.05) is 0 Å². The van der Waals surface area contributed by atoms with Crippen molar-refractivity contribution in [2.45, 2.75) is 65.1 Å². The second kappa shape index (κ2) is 7.23. The van der Waals surface area contributed by atoms with Gasteiger partial charge >= 0.3 is 0 Å². The third-order valence-corrected chi connectivity index (χ3v) is 4.40. The number of nitrogens with one attached hydrogen (secondary N) is 1. The molecule has 1 aliphatic heterocycles. The van der Waals surface area contributed by atoms with Crippen molar-refractivity contribution in [1.82, 2.24) is 15.1 Å². The minimum Gasteiger partial charge on any atom is -0.378 e. The maximum absolute atomic E-state index is 5.73. The molecule has 0 aliphatic carbocycles. The van der Waals surface area contributed by atoms with Crippen LogP contribution in [0.15, 0.2) is 12.3 Å². The van der Waals surface area contributed by atoms with Gasteiger partial charge in [0, 0.05) is 30.6 Å². The van der Waals surface area contributed by atoms with Gasteiger partial charge < -0.3 is 10.1 Å². The highest BCUT2D eigenvalue weighted by Crippen LogP contribution is 2.24. The maximum atomic E-state index is 5.73. The average molecular weight is 279 g/mol. The molecule has 4 heteroatoms. The molecule has 20 heavy (non-hydrogen) atoms. The average Bonchev–Trinajstić information content (AvgIpc) is 3.06. The monoisotopic (exact) mass is 279 g/mol. The van der Waals surface area contributed by atoms with Crippen LogP contribution in [0.1, 0.15) is 52.3 Å². The van der Waals surface area contributed by atoms with Crippen molar-refractivity contribution in [2.24, 2.45) is 5.92 Å². The van der Waals surface area contributed by atoms with Crippen LogP contribution in [0.5, 0.6) is 0 Å². The summed E-state index contributed by atoms with van der Waals surface area (Å²) >= 11 is 0. The lowest BCUT2D eigenvalue weighted by Crippen LogP contribution is -2.38. The summed E-state index contributed by atoms with van der Waals surface area (Å²) in [5.74, 6) is 0.610. The molecule has 1 fully saturated rings. The molecule has 0 bridgehead atoms. The molecule has 1 aromatic heterocycles. The summed E-state index contributed by atoms with van der Waals surface area (Å²) in [5.41, 5.74) is 1.19. The number of hydrogen-bond acceptors (Lipinski definition) is 3. The molecule has 4 unspecified atom stereocenters. The fourth-order valence-electron chi connectivity index (χ4n) is 2.94. The van der Waals surface area contributed by atoms with Crippen LogP contribution >= 0.6 is 0 Å². The zero-order valence-corrected chi connectivity index (χ0v) is 13.3. The largest absolute Gasteiger partial charge is 0.378 e. The number of nitrogens with zero attached hydrogens (tertiary/aromatic N) is 2. The third-order valence-electron chi connectivity index (χ3n) is 4.40. The molecule has 4 nitrogen and oxygen atoms in total. The fourth-order valence-corrected chi connectivity index (χ4v) is 2.94. The standard InChI is InChI=1S/C16H29N3O/c1-5-12(3)19-8-7-15(18-19)10-16(17-6-2)14-9-13(4)20-11-14/h7-8,12-14,16-17H,5-6,9-11H2,1-4H3. The van der Waals surface area contributed by atoms with Crippen molar-refractivity contribution in [3.63, 3.8) is 0 Å². The van der Waals surface area contributed by atoms with Crippen LogP contribution in [0, 0.1) is 5.92 Å². The summed E-state index contributed by atoms with van der Waals surface area (Å²) in [6.45, 7) is 10.6. The predicted octanol–water partition coefficient (Wildman–Crippen LogP) is 2.80. The number of rotatable bonds is 7. The molecule has 1 N–H and O–H groups in total. The van der Waals surface area contributed by atoms with Gasteiger partial charge in [-0.25, -0.2) is 0 Å². The molecule has 114 valence electrons. The number of ether oxygens (including phenoxy) is 1. The van der Waals surface area contributed by atoms with E-state index in [1.165, 1.54) is 5.69 Å². The summed E-state index contributed by atoms with van der Waals surface area (Å²) < 4.78 is 7.82. The van der Waals surface area contributed by atoms with Gasteiger partial charge in [-0.05, 0) is 39.3 Å². The lowest BCUT2D eigenvalue weighted by molar-refractivity contribution is 0.117. The summed E-state index contributed by atoms with van der Waals surface area (Å²) in [7, 11) is 0. The van der Waals surface area contributed by atoms with Gasteiger partial charge in [-0.1, -0.05) is 13.8 Å². The molecule has 0 amide bonds. The van der Waals surface area contributed by atoms with Crippen molar-refractivity contribution in [3.8, 4) is 0 Å². The van der Waals surface area contributed by atoms with Crippen LogP contribution in [0.4, 0.5) is 0 Å². The molecule has 0 radical (unpaired) electrons. The van der Waals surface area contributed by atoms with Crippen LogP contribution in [0.25, 0.3) is 0 Å². The van der Waals surface area contributed by atoms with Gasteiger partial charge in [0.05, 0.1) is 18.4 Å². The van der Waals surface area contributed by atoms with Crippen LogP contribution in [0.3, 0.4) is 0 Å². The van der Waals surface area contributed by atoms with Crippen molar-refractivity contribution in [1.29, 1.82) is 0 Å². The van der Waals surface area contributed by atoms with E-state index in [9.17, 15) is 0 Å². The van der Waals surface area contributed by atoms with Crippen LogP contribution in [-0.4, -0.2) is 35.1 Å². The molecule has 2 rings (SSSR count). The summed E-state index contributed by atoms with van der Waals surface area (Å²) in [4.78, 5) is 0. The van der Waals surface area contributed by atoms with Gasteiger partial charge in [0.2, 0.25) is 0 Å². The second-order valence-electron chi connectivity index (χ2n) is 6.05. The zero-order valence-electron chi connectivity index (χ0n) is 13.3. The van der Waals surface area contributed by atoms with Crippen molar-refractivity contribution in [2.75, 3.05) is 13.2 Å². The highest BCUT2D eigenvalue weighted by Gasteiger charge is 2.29. The van der Waals surface area contributed by atoms with Gasteiger partial charge in [-0.3, -0.25) is 4.68 Å². The predicted molar refractivity (Wildman–Crippen MR) is 81.9 cm³/mol. The van der Waals surface area contributed by atoms with Crippen LogP contribution in [0.2, 0.25) is 0 Å². The molecule has 1 aromatic rings. The molecule has 1 aliphatic rings. The molecule has 0 saturated carbocycles. The lowest BCUT2D eigenvalue weighted by atomic mass is 9.93. The summed E-state index contributed by atoms with van der Waals surface area (Å²) in [6.07, 6.45) is 5.78. The molecular weight excluding hydrogens is 250 g/mol. The van der Waals surface area contributed by atoms with Crippen LogP contribution < -0.4 is 5.32 Å². The first kappa shape index (κ1) is 15.5. The van der Waals surface area contributed by atoms with Crippen molar-refractivity contribution >= 4 is 0 Å². The first-order chi connectivity index (χ1) is 9.63. The minimum atomic E-state index is 0.402. The Balaban J connectivity index is 1.98. The van der Waals surface area contributed by atoms with Gasteiger partial charge in [-0.15, -0.1) is 0 Å². The van der Waals surface area contributed by atoms with E-state index in [0.717, 1.165) is 32.4 Å². The Morgan fingerprint density at radius 1 is 1.50 bits per heavy atom. The normalized spacial score (nSPS) is 25.8. The van der Waals surface area contributed by atoms with E-state index < -0.39 is 0 Å². The number of aromatic nitrogens is 2. The van der Waals surface area contributed by atoms with E-state index in [0.29, 0.717) is 24.1 Å². The minimum absolute atomic E-state index is 0.402. The molecule has 1 saturated heterocycles. The van der Waals surface area contributed by atoms with E-state index in [4.69, 9.17) is 9.84 Å². The second-order valence-corrected chi connectivity index (χ2v) is 6.05. The molecule has 4 atom stereocenters. The van der Waals surface area contributed by atoms with Gasteiger partial charge in [0.25, 0.3) is 0 Å². The highest BCUT2D eigenvalue weighted by atomic mass is 16.5. The molecule has 2 heterocycles. The van der Waals surface area contributed by atoms with Gasteiger partial charge in [0.1, 0.15) is 0 Å². The van der Waals surface area contributed by atoms with Gasteiger partial charge in [0.15, 0.2) is 0 Å². The summed E-state index contributed by atoms with van der Waals surface area (Å²) in [6, 6.07) is 3.12. The van der Waals surface area contributed by atoms with E-state index in [1.54, 1.807) is 0 Å². The van der Waals surface area contributed by atoms with E-state index >= 15 is 0 Å². The van der Waals surface area contributed by atoms with Crippen molar-refractivity contribution in [3.05, 3.63) is 18.0 Å². The Morgan fingerprint density at radius 2 is 2.30 bits per heavy atom. The Bertz CT molecular complexity index is 404. The lowest BCUT2D eigenvalue weighted by Gasteiger charge is -2.22.